The SMILES string of the molecule is C=CCCCc1c(S(N)(=O)=O)sc(C)c1CCC. The first-order chi connectivity index (χ1) is 8.41. The van der Waals surface area contributed by atoms with E-state index in [2.05, 4.69) is 13.5 Å². The second-order valence-electron chi connectivity index (χ2n) is 4.38. The van der Waals surface area contributed by atoms with Gasteiger partial charge in [-0.1, -0.05) is 19.4 Å². The van der Waals surface area contributed by atoms with Crippen LogP contribution in [0.5, 0.6) is 0 Å². The van der Waals surface area contributed by atoms with E-state index in [9.17, 15) is 8.42 Å². The van der Waals surface area contributed by atoms with Crippen molar-refractivity contribution >= 4 is 21.4 Å². The van der Waals surface area contributed by atoms with E-state index in [-0.39, 0.29) is 0 Å². The highest BCUT2D eigenvalue weighted by Crippen LogP contribution is 2.33. The Morgan fingerprint density at radius 1 is 1.33 bits per heavy atom. The molecule has 0 aromatic carbocycles. The lowest BCUT2D eigenvalue weighted by Crippen LogP contribution is -2.13. The lowest BCUT2D eigenvalue weighted by Gasteiger charge is -2.06. The summed E-state index contributed by atoms with van der Waals surface area (Å²) in [4.78, 5) is 1.08. The van der Waals surface area contributed by atoms with Crippen molar-refractivity contribution in [2.24, 2.45) is 5.14 Å². The molecule has 0 radical (unpaired) electrons. The summed E-state index contributed by atoms with van der Waals surface area (Å²) in [7, 11) is -3.60. The minimum absolute atomic E-state index is 0.354. The minimum Gasteiger partial charge on any atom is -0.224 e. The topological polar surface area (TPSA) is 60.2 Å². The molecule has 0 saturated carbocycles. The van der Waals surface area contributed by atoms with Crippen LogP contribution in [0.1, 0.15) is 42.2 Å². The van der Waals surface area contributed by atoms with Crippen molar-refractivity contribution in [2.45, 2.75) is 50.2 Å². The Labute approximate surface area is 114 Å². The van der Waals surface area contributed by atoms with Crippen molar-refractivity contribution in [2.75, 3.05) is 0 Å². The summed E-state index contributed by atoms with van der Waals surface area (Å²) in [5.41, 5.74) is 2.11. The van der Waals surface area contributed by atoms with Crippen molar-refractivity contribution in [1.82, 2.24) is 0 Å². The number of hydrogen-bond acceptors (Lipinski definition) is 3. The molecular weight excluding hydrogens is 266 g/mol. The van der Waals surface area contributed by atoms with Crippen LogP contribution in [0.25, 0.3) is 0 Å². The fraction of sp³-hybridized carbons (Fsp3) is 0.538. The van der Waals surface area contributed by atoms with E-state index >= 15 is 0 Å². The van der Waals surface area contributed by atoms with Crippen molar-refractivity contribution in [3.63, 3.8) is 0 Å². The normalized spacial score (nSPS) is 11.7. The molecule has 0 amide bonds. The molecular formula is C13H21NO2S2. The number of aryl methyl sites for hydroxylation is 1. The lowest BCUT2D eigenvalue weighted by molar-refractivity contribution is 0.598. The number of sulfonamides is 1. The average molecular weight is 287 g/mol. The second kappa shape index (κ2) is 6.50. The maximum Gasteiger partial charge on any atom is 0.247 e. The highest BCUT2D eigenvalue weighted by Gasteiger charge is 2.21. The third-order valence-corrected chi connectivity index (χ3v) is 5.57. The third kappa shape index (κ3) is 3.67. The zero-order chi connectivity index (χ0) is 13.8. The monoisotopic (exact) mass is 287 g/mol. The van der Waals surface area contributed by atoms with Gasteiger partial charge < -0.3 is 0 Å². The maximum atomic E-state index is 11.6. The molecule has 0 aliphatic rings. The van der Waals surface area contributed by atoms with E-state index in [0.717, 1.165) is 42.5 Å². The van der Waals surface area contributed by atoms with E-state index in [1.54, 1.807) is 0 Å². The highest BCUT2D eigenvalue weighted by molar-refractivity contribution is 7.91. The Morgan fingerprint density at radius 2 is 2.00 bits per heavy atom. The van der Waals surface area contributed by atoms with Gasteiger partial charge in [-0.25, -0.2) is 13.6 Å². The van der Waals surface area contributed by atoms with E-state index in [4.69, 9.17) is 5.14 Å². The van der Waals surface area contributed by atoms with Crippen LogP contribution in [0, 0.1) is 6.92 Å². The van der Waals surface area contributed by atoms with Crippen molar-refractivity contribution in [3.8, 4) is 0 Å². The molecule has 102 valence electrons. The van der Waals surface area contributed by atoms with Crippen LogP contribution in [0.3, 0.4) is 0 Å². The predicted molar refractivity (Wildman–Crippen MR) is 77.6 cm³/mol. The largest absolute Gasteiger partial charge is 0.247 e. The first-order valence-electron chi connectivity index (χ1n) is 6.16. The smallest absolute Gasteiger partial charge is 0.224 e. The second-order valence-corrected chi connectivity index (χ2v) is 7.36. The summed E-state index contributed by atoms with van der Waals surface area (Å²) in [6.07, 6.45) is 6.35. The standard InChI is InChI=1S/C13H21NO2S2/c1-4-6-7-9-12-11(8-5-2)10(3)17-13(12)18(14,15)16/h4H,1,5-9H2,2-3H3,(H2,14,15,16). The Kier molecular flexibility index (Phi) is 5.56. The number of unbranched alkanes of at least 4 members (excludes halogenated alkanes) is 1. The predicted octanol–water partition coefficient (Wildman–Crippen LogP) is 3.17. The molecule has 0 aliphatic carbocycles. The van der Waals surface area contributed by atoms with Crippen LogP contribution in [-0.4, -0.2) is 8.42 Å². The molecule has 1 aromatic heterocycles. The van der Waals surface area contributed by atoms with E-state index in [1.165, 1.54) is 16.9 Å². The maximum absolute atomic E-state index is 11.6. The van der Waals surface area contributed by atoms with Gasteiger partial charge in [0.25, 0.3) is 0 Å². The van der Waals surface area contributed by atoms with Gasteiger partial charge in [0.2, 0.25) is 10.0 Å². The van der Waals surface area contributed by atoms with Gasteiger partial charge in [0, 0.05) is 4.88 Å². The molecule has 3 nitrogen and oxygen atoms in total. The van der Waals surface area contributed by atoms with Crippen molar-refractivity contribution < 1.29 is 8.42 Å². The zero-order valence-electron chi connectivity index (χ0n) is 11.0. The Morgan fingerprint density at radius 3 is 2.50 bits per heavy atom. The molecule has 0 spiro atoms. The van der Waals surface area contributed by atoms with Crippen LogP contribution in [0.15, 0.2) is 16.9 Å². The number of allylic oxidation sites excluding steroid dienone is 1. The van der Waals surface area contributed by atoms with Gasteiger partial charge in [-0.05, 0) is 43.7 Å². The summed E-state index contributed by atoms with van der Waals surface area (Å²) >= 11 is 1.31. The molecule has 0 saturated heterocycles. The van der Waals surface area contributed by atoms with Crippen LogP contribution in [-0.2, 0) is 22.9 Å². The molecule has 0 unspecified atom stereocenters. The van der Waals surface area contributed by atoms with E-state index in [1.807, 2.05) is 13.0 Å². The summed E-state index contributed by atoms with van der Waals surface area (Å²) in [6, 6.07) is 0. The van der Waals surface area contributed by atoms with Gasteiger partial charge in [-0.3, -0.25) is 0 Å². The molecule has 0 fully saturated rings. The minimum atomic E-state index is -3.60. The van der Waals surface area contributed by atoms with E-state index in [0.29, 0.717) is 4.21 Å². The first kappa shape index (κ1) is 15.4. The highest BCUT2D eigenvalue weighted by atomic mass is 32.2. The van der Waals surface area contributed by atoms with Gasteiger partial charge in [-0.2, -0.15) is 0 Å². The summed E-state index contributed by atoms with van der Waals surface area (Å²) < 4.78 is 23.6. The van der Waals surface area contributed by atoms with Gasteiger partial charge in [-0.15, -0.1) is 17.9 Å². The van der Waals surface area contributed by atoms with Crippen LogP contribution >= 0.6 is 11.3 Å². The Balaban J connectivity index is 3.18. The Hall–Kier alpha value is -0.650. The molecule has 2 N–H and O–H groups in total. The van der Waals surface area contributed by atoms with Crippen molar-refractivity contribution in [1.29, 1.82) is 0 Å². The zero-order valence-corrected chi connectivity index (χ0v) is 12.7. The molecule has 1 aromatic rings. The molecule has 0 atom stereocenters. The summed E-state index contributed by atoms with van der Waals surface area (Å²) in [6.45, 7) is 7.76. The Bertz CT molecular complexity index is 515. The summed E-state index contributed by atoms with van der Waals surface area (Å²) in [5.74, 6) is 0. The summed E-state index contributed by atoms with van der Waals surface area (Å²) in [5, 5.41) is 5.30. The van der Waals surface area contributed by atoms with Crippen molar-refractivity contribution in [3.05, 3.63) is 28.7 Å². The first-order valence-corrected chi connectivity index (χ1v) is 8.52. The van der Waals surface area contributed by atoms with Gasteiger partial charge in [0.05, 0.1) is 0 Å². The van der Waals surface area contributed by atoms with Gasteiger partial charge in [0.1, 0.15) is 4.21 Å². The molecule has 18 heavy (non-hydrogen) atoms. The third-order valence-electron chi connectivity index (χ3n) is 2.87. The fourth-order valence-electron chi connectivity index (χ4n) is 2.08. The molecule has 5 heteroatoms. The quantitative estimate of drug-likeness (QED) is 0.618. The number of nitrogens with two attached hydrogens (primary N) is 1. The van der Waals surface area contributed by atoms with E-state index < -0.39 is 10.0 Å². The fourth-order valence-corrected chi connectivity index (χ4v) is 4.46. The van der Waals surface area contributed by atoms with Gasteiger partial charge in [0.15, 0.2) is 0 Å². The number of primary sulfonamides is 1. The van der Waals surface area contributed by atoms with Gasteiger partial charge >= 0.3 is 0 Å². The van der Waals surface area contributed by atoms with Crippen LogP contribution in [0.4, 0.5) is 0 Å². The molecule has 1 heterocycles. The number of hydrogen-bond donors (Lipinski definition) is 1. The molecule has 0 bridgehead atoms. The van der Waals surface area contributed by atoms with Crippen LogP contribution in [0.2, 0.25) is 0 Å². The number of thiophene rings is 1. The molecule has 0 aliphatic heterocycles. The van der Waals surface area contributed by atoms with Crippen LogP contribution < -0.4 is 5.14 Å². The lowest BCUT2D eigenvalue weighted by atomic mass is 10.0. The number of rotatable bonds is 7. The average Bonchev–Trinajstić information content (AvgIpc) is 2.58. The molecule has 1 rings (SSSR count).